The number of carbonyl (C=O) groups excluding carboxylic acids is 6. The van der Waals surface area contributed by atoms with Crippen molar-refractivity contribution < 1.29 is 38.2 Å². The molecule has 57 heavy (non-hydrogen) atoms. The second kappa shape index (κ2) is 15.0. The first-order valence-corrected chi connectivity index (χ1v) is 21.9. The summed E-state index contributed by atoms with van der Waals surface area (Å²) in [5, 5.41) is 3.79. The Kier molecular flexibility index (Phi) is 11.0. The van der Waals surface area contributed by atoms with Gasteiger partial charge in [0.05, 0.1) is 11.5 Å². The highest BCUT2D eigenvalue weighted by atomic mass is 35.5. The molecule has 0 radical (unpaired) electrons. The Labute approximate surface area is 343 Å². The van der Waals surface area contributed by atoms with E-state index in [1.807, 2.05) is 6.92 Å². The van der Waals surface area contributed by atoms with Gasteiger partial charge in [-0.1, -0.05) is 53.1 Å². The molecule has 5 fully saturated rings. The molecule has 10 heteroatoms. The number of halogens is 1. The van der Waals surface area contributed by atoms with Crippen molar-refractivity contribution in [1.29, 1.82) is 0 Å². The van der Waals surface area contributed by atoms with Crippen LogP contribution in [0, 0.1) is 69.5 Å². The number of amides is 1. The quantitative estimate of drug-likeness (QED) is 0.108. The molecular formula is C47H62ClNO8. The summed E-state index contributed by atoms with van der Waals surface area (Å²) in [6.45, 7) is 15.9. The molecule has 0 spiro atoms. The van der Waals surface area contributed by atoms with E-state index in [4.69, 9.17) is 21.1 Å². The zero-order chi connectivity index (χ0) is 41.4. The molecular weight excluding hydrogens is 742 g/mol. The molecule has 0 heterocycles. The Hall–Kier alpha value is -3.33. The number of esters is 2. The van der Waals surface area contributed by atoms with Crippen molar-refractivity contribution >= 4 is 47.3 Å². The van der Waals surface area contributed by atoms with Crippen molar-refractivity contribution in [3.05, 3.63) is 46.0 Å². The lowest BCUT2D eigenvalue weighted by atomic mass is 9.38. The number of ketones is 2. The summed E-state index contributed by atoms with van der Waals surface area (Å²) in [6, 6.07) is 6.32. The molecule has 9 nitrogen and oxygen atoms in total. The molecule has 1 aromatic rings. The predicted octanol–water partition coefficient (Wildman–Crippen LogP) is 8.54. The lowest BCUT2D eigenvalue weighted by Gasteiger charge is -2.67. The van der Waals surface area contributed by atoms with Gasteiger partial charge in [-0.25, -0.2) is 0 Å². The van der Waals surface area contributed by atoms with Gasteiger partial charge in [0.1, 0.15) is 17.8 Å². The van der Waals surface area contributed by atoms with Gasteiger partial charge < -0.3 is 19.6 Å². The van der Waals surface area contributed by atoms with E-state index in [-0.39, 0.29) is 70.6 Å². The number of hydrogen-bond donors (Lipinski definition) is 1. The highest BCUT2D eigenvalue weighted by molar-refractivity contribution is 6.30. The van der Waals surface area contributed by atoms with Crippen molar-refractivity contribution in [3.63, 3.8) is 0 Å². The molecule has 12 atom stereocenters. The number of carbonyl (C=O) groups is 6. The second-order valence-electron chi connectivity index (χ2n) is 20.2. The number of fused-ring (bicyclic) bond motifs is 7. The van der Waals surface area contributed by atoms with Crippen molar-refractivity contribution in [1.82, 2.24) is 5.32 Å². The number of benzene rings is 1. The Balaban J connectivity index is 1.07. The van der Waals surface area contributed by atoms with E-state index in [1.165, 1.54) is 13.8 Å². The predicted molar refractivity (Wildman–Crippen MR) is 216 cm³/mol. The Morgan fingerprint density at radius 1 is 0.930 bits per heavy atom. The van der Waals surface area contributed by atoms with Crippen LogP contribution < -0.4 is 5.32 Å². The second-order valence-corrected chi connectivity index (χ2v) is 20.6. The van der Waals surface area contributed by atoms with E-state index >= 15 is 0 Å². The summed E-state index contributed by atoms with van der Waals surface area (Å²) in [4.78, 5) is 79.0. The van der Waals surface area contributed by atoms with Crippen LogP contribution >= 0.6 is 11.6 Å². The average molecular weight is 804 g/mol. The minimum Gasteiger partial charge on any atom is -0.462 e. The topological polar surface area (TPSA) is 133 Å². The van der Waals surface area contributed by atoms with Crippen LogP contribution in [-0.4, -0.2) is 53.9 Å². The number of aldehydes is 1. The maximum atomic E-state index is 14.2. The first kappa shape index (κ1) is 41.8. The molecule has 0 aromatic heterocycles. The Bertz CT molecular complexity index is 1870. The van der Waals surface area contributed by atoms with E-state index in [9.17, 15) is 28.8 Å². The molecule has 1 N–H and O–H groups in total. The molecule has 7 rings (SSSR count). The van der Waals surface area contributed by atoms with Crippen LogP contribution in [0.25, 0.3) is 0 Å². The monoisotopic (exact) mass is 803 g/mol. The fourth-order valence-electron chi connectivity index (χ4n) is 13.2. The van der Waals surface area contributed by atoms with E-state index in [2.05, 4.69) is 39.9 Å². The minimum absolute atomic E-state index is 0.00764. The third-order valence-electron chi connectivity index (χ3n) is 16.6. The van der Waals surface area contributed by atoms with E-state index in [0.717, 1.165) is 62.4 Å². The van der Waals surface area contributed by atoms with Gasteiger partial charge in [0.15, 0.2) is 18.2 Å². The molecule has 1 aromatic carbocycles. The lowest BCUT2D eigenvalue weighted by Crippen LogP contribution is -2.63. The number of allylic oxidation sites excluding steroid dienone is 1. The molecule has 310 valence electrons. The van der Waals surface area contributed by atoms with Crippen LogP contribution in [-0.2, 0) is 33.4 Å². The number of hydrogen-bond acceptors (Lipinski definition) is 8. The SMILES string of the molecule is CC(C)C1=C2C3CCC4C(C)(CCC5C(C)C(OC(=O)C6CC(C=O)C6C)CCC54C)C3CCC2(NC(=O)C(C)(C)C(=O)OCC(=O)c2ccc(Cl)cc2)CC1=O. The lowest BCUT2D eigenvalue weighted by molar-refractivity contribution is -0.195. The van der Waals surface area contributed by atoms with Gasteiger partial charge in [0.25, 0.3) is 0 Å². The number of Topliss-reactive ketones (excluding diaryl/α,β-unsaturated/α-hetero) is 2. The Morgan fingerprint density at radius 3 is 2.23 bits per heavy atom. The molecule has 0 bridgehead atoms. The molecule has 5 saturated carbocycles. The average Bonchev–Trinajstić information content (AvgIpc) is 3.46. The highest BCUT2D eigenvalue weighted by Crippen LogP contribution is 2.70. The van der Waals surface area contributed by atoms with E-state index < -0.39 is 35.2 Å². The van der Waals surface area contributed by atoms with Crippen LogP contribution in [0.1, 0.15) is 130 Å². The van der Waals surface area contributed by atoms with Crippen molar-refractivity contribution in [2.75, 3.05) is 6.61 Å². The molecule has 0 aliphatic heterocycles. The van der Waals surface area contributed by atoms with Gasteiger partial charge >= 0.3 is 11.9 Å². The summed E-state index contributed by atoms with van der Waals surface area (Å²) in [5.74, 6) is -0.290. The smallest absolute Gasteiger partial charge is 0.321 e. The van der Waals surface area contributed by atoms with Gasteiger partial charge in [-0.3, -0.25) is 24.0 Å². The summed E-state index contributed by atoms with van der Waals surface area (Å²) in [5.41, 5.74) is -0.0438. The van der Waals surface area contributed by atoms with E-state index in [0.29, 0.717) is 41.2 Å². The number of rotatable bonds is 10. The number of ether oxygens (including phenoxy) is 2. The van der Waals surface area contributed by atoms with Gasteiger partial charge in [-0.05, 0) is 159 Å². The summed E-state index contributed by atoms with van der Waals surface area (Å²) in [6.07, 6.45) is 9.09. The van der Waals surface area contributed by atoms with Crippen LogP contribution in [0.4, 0.5) is 0 Å². The number of nitrogens with one attached hydrogen (secondary N) is 1. The standard InChI is InChI=1S/C47H62ClNO8/c1-25(2)39-35(51)22-47(49-42(54)44(5,6)43(55)56-24-36(52)28-9-11-30(48)12-10-28)20-16-34-31(40(39)47)13-14-38-45(7)19-17-37(27(4)33(45)15-18-46(34,38)8)57-41(53)32-21-29(23-50)26(32)3/h9-12,23,25-27,29,31-34,37-38H,13-22,24H2,1-8H3,(H,49,54). The van der Waals surface area contributed by atoms with Crippen molar-refractivity contribution in [3.8, 4) is 0 Å². The third kappa shape index (κ3) is 6.83. The Morgan fingerprint density at radius 2 is 1.58 bits per heavy atom. The van der Waals surface area contributed by atoms with Crippen LogP contribution in [0.5, 0.6) is 0 Å². The maximum absolute atomic E-state index is 14.2. The van der Waals surface area contributed by atoms with Crippen molar-refractivity contribution in [2.24, 2.45) is 69.5 Å². The molecule has 0 saturated heterocycles. The molecule has 1 amide bonds. The molecule has 12 unspecified atom stereocenters. The van der Waals surface area contributed by atoms with Crippen LogP contribution in [0.3, 0.4) is 0 Å². The molecule has 6 aliphatic carbocycles. The zero-order valence-corrected chi connectivity index (χ0v) is 35.8. The highest BCUT2D eigenvalue weighted by Gasteiger charge is 2.65. The fourth-order valence-corrected chi connectivity index (χ4v) is 13.4. The summed E-state index contributed by atoms with van der Waals surface area (Å²) in [7, 11) is 0. The van der Waals surface area contributed by atoms with Crippen LogP contribution in [0.15, 0.2) is 35.4 Å². The largest absolute Gasteiger partial charge is 0.462 e. The minimum atomic E-state index is -1.60. The van der Waals surface area contributed by atoms with Crippen molar-refractivity contribution in [2.45, 2.75) is 131 Å². The molecule has 6 aliphatic rings. The first-order valence-electron chi connectivity index (χ1n) is 21.5. The third-order valence-corrected chi connectivity index (χ3v) is 16.9. The van der Waals surface area contributed by atoms with Gasteiger partial charge in [-0.15, -0.1) is 0 Å². The van der Waals surface area contributed by atoms with E-state index in [1.54, 1.807) is 24.3 Å². The van der Waals surface area contributed by atoms with Gasteiger partial charge in [-0.2, -0.15) is 0 Å². The maximum Gasteiger partial charge on any atom is 0.321 e. The van der Waals surface area contributed by atoms with Gasteiger partial charge in [0.2, 0.25) is 5.91 Å². The summed E-state index contributed by atoms with van der Waals surface area (Å²) >= 11 is 5.96. The van der Waals surface area contributed by atoms with Gasteiger partial charge in [0, 0.05) is 22.9 Å². The normalized spacial score (nSPS) is 38.5. The zero-order valence-electron chi connectivity index (χ0n) is 35.1. The first-order chi connectivity index (χ1) is 26.8. The summed E-state index contributed by atoms with van der Waals surface area (Å²) < 4.78 is 11.7. The fraction of sp³-hybridized carbons (Fsp3) is 0.702. The van der Waals surface area contributed by atoms with Crippen LogP contribution in [0.2, 0.25) is 5.02 Å².